The van der Waals surface area contributed by atoms with Crippen molar-refractivity contribution in [1.29, 1.82) is 0 Å². The van der Waals surface area contributed by atoms with Gasteiger partial charge in [-0.1, -0.05) is 0 Å². The lowest BCUT2D eigenvalue weighted by Gasteiger charge is -2.37. The molecule has 0 amide bonds. The summed E-state index contributed by atoms with van der Waals surface area (Å²) in [6.07, 6.45) is 0.463. The van der Waals surface area contributed by atoms with Crippen molar-refractivity contribution in [2.75, 3.05) is 31.6 Å². The van der Waals surface area contributed by atoms with Crippen molar-refractivity contribution in [3.63, 3.8) is 0 Å². The smallest absolute Gasteiger partial charge is 0.217 e. The molecule has 0 spiro atoms. The number of likely N-dealkylation sites (N-methyl/N-ethyl adjacent to an activating group) is 1. The van der Waals surface area contributed by atoms with E-state index in [1.807, 2.05) is 0 Å². The minimum Gasteiger partial charge on any atom is -0.313 e. The molecule has 17 heavy (non-hydrogen) atoms. The third-order valence-electron chi connectivity index (χ3n) is 3.60. The van der Waals surface area contributed by atoms with E-state index >= 15 is 0 Å². The van der Waals surface area contributed by atoms with Crippen LogP contribution in [-0.4, -0.2) is 64.1 Å². The number of nitrogens with one attached hydrogen (secondary N) is 1. The molecule has 100 valence electrons. The Morgan fingerprint density at radius 3 is 2.12 bits per heavy atom. The lowest BCUT2D eigenvalue weighted by Crippen LogP contribution is -2.59. The van der Waals surface area contributed by atoms with E-state index in [2.05, 4.69) is 5.32 Å². The van der Waals surface area contributed by atoms with Crippen LogP contribution in [0.2, 0.25) is 0 Å². The van der Waals surface area contributed by atoms with Gasteiger partial charge in [0.25, 0.3) is 0 Å². The third kappa shape index (κ3) is 2.64. The van der Waals surface area contributed by atoms with Crippen molar-refractivity contribution in [2.45, 2.75) is 24.1 Å². The van der Waals surface area contributed by atoms with Crippen LogP contribution < -0.4 is 5.32 Å². The molecule has 0 aromatic rings. The number of sulfonamides is 1. The van der Waals surface area contributed by atoms with Crippen molar-refractivity contribution in [3.8, 4) is 0 Å². The van der Waals surface area contributed by atoms with Gasteiger partial charge < -0.3 is 5.32 Å². The van der Waals surface area contributed by atoms with E-state index in [4.69, 9.17) is 0 Å². The third-order valence-corrected chi connectivity index (χ3v) is 7.73. The van der Waals surface area contributed by atoms with Crippen molar-refractivity contribution in [3.05, 3.63) is 0 Å². The first kappa shape index (κ1) is 13.3. The molecule has 0 saturated carbocycles. The molecule has 2 aliphatic heterocycles. The molecule has 6 nitrogen and oxygen atoms in total. The molecule has 0 aromatic carbocycles. The van der Waals surface area contributed by atoms with Gasteiger partial charge in [-0.3, -0.25) is 0 Å². The highest BCUT2D eigenvalue weighted by Crippen LogP contribution is 2.23. The van der Waals surface area contributed by atoms with Gasteiger partial charge in [0, 0.05) is 26.2 Å². The maximum absolute atomic E-state index is 12.2. The minimum atomic E-state index is -3.34. The summed E-state index contributed by atoms with van der Waals surface area (Å²) in [6.45, 7) is 1.36. The Morgan fingerprint density at radius 1 is 1.18 bits per heavy atom. The van der Waals surface area contributed by atoms with Crippen LogP contribution in [0.5, 0.6) is 0 Å². The van der Waals surface area contributed by atoms with Gasteiger partial charge >= 0.3 is 0 Å². The highest BCUT2D eigenvalue weighted by Gasteiger charge is 2.39. The van der Waals surface area contributed by atoms with E-state index in [-0.39, 0.29) is 30.4 Å². The van der Waals surface area contributed by atoms with Gasteiger partial charge in [-0.25, -0.2) is 16.8 Å². The second-order valence-corrected chi connectivity index (χ2v) is 9.30. The molecule has 2 saturated heterocycles. The summed E-state index contributed by atoms with van der Waals surface area (Å²) in [7, 11) is -4.76. The monoisotopic (exact) mass is 282 g/mol. The fourth-order valence-corrected chi connectivity index (χ4v) is 5.80. The van der Waals surface area contributed by atoms with E-state index in [1.54, 1.807) is 7.05 Å². The van der Waals surface area contributed by atoms with Crippen LogP contribution >= 0.6 is 0 Å². The van der Waals surface area contributed by atoms with Gasteiger partial charge in [-0.05, 0) is 12.8 Å². The molecule has 2 heterocycles. The molecule has 1 N–H and O–H groups in total. The predicted molar refractivity (Wildman–Crippen MR) is 65.0 cm³/mol. The predicted octanol–water partition coefficient (Wildman–Crippen LogP) is -1.20. The highest BCUT2D eigenvalue weighted by atomic mass is 32.2. The van der Waals surface area contributed by atoms with Crippen LogP contribution in [-0.2, 0) is 19.9 Å². The molecular weight excluding hydrogens is 264 g/mol. The fourth-order valence-electron chi connectivity index (χ4n) is 2.14. The topological polar surface area (TPSA) is 83.6 Å². The lowest BCUT2D eigenvalue weighted by molar-refractivity contribution is 0.271. The first-order chi connectivity index (χ1) is 7.83. The van der Waals surface area contributed by atoms with Crippen LogP contribution in [0.15, 0.2) is 0 Å². The fraction of sp³-hybridized carbons (Fsp3) is 1.00. The minimum absolute atomic E-state index is 0.00630. The molecule has 2 rings (SSSR count). The molecule has 0 aromatic heterocycles. The standard InChI is InChI=1S/C9H18N2O4S2/c1-11(8-6-10-7-8)17(14,15)9-2-4-16(12,13)5-3-9/h8-10H,2-7H2,1H3. The summed E-state index contributed by atoms with van der Waals surface area (Å²) in [6, 6.07) is 0.0264. The Morgan fingerprint density at radius 2 is 1.71 bits per heavy atom. The van der Waals surface area contributed by atoms with E-state index in [9.17, 15) is 16.8 Å². The molecule has 0 unspecified atom stereocenters. The largest absolute Gasteiger partial charge is 0.313 e. The SMILES string of the molecule is CN(C1CNC1)S(=O)(=O)C1CCS(=O)(=O)CC1. The number of nitrogens with zero attached hydrogens (tertiary/aromatic N) is 1. The molecule has 2 fully saturated rings. The van der Waals surface area contributed by atoms with Crippen LogP contribution in [0.3, 0.4) is 0 Å². The average molecular weight is 282 g/mol. The van der Waals surface area contributed by atoms with E-state index in [0.29, 0.717) is 13.1 Å². The quantitative estimate of drug-likeness (QED) is 0.703. The number of hydrogen-bond donors (Lipinski definition) is 1. The van der Waals surface area contributed by atoms with Crippen molar-refractivity contribution >= 4 is 19.9 Å². The summed E-state index contributed by atoms with van der Waals surface area (Å²) in [4.78, 5) is 0. The summed E-state index contributed by atoms with van der Waals surface area (Å²) >= 11 is 0. The van der Waals surface area contributed by atoms with Gasteiger partial charge in [0.05, 0.1) is 16.8 Å². The van der Waals surface area contributed by atoms with Gasteiger partial charge in [0.1, 0.15) is 9.84 Å². The van der Waals surface area contributed by atoms with E-state index < -0.39 is 25.1 Å². The van der Waals surface area contributed by atoms with Crippen LogP contribution in [0.4, 0.5) is 0 Å². The first-order valence-corrected chi connectivity index (χ1v) is 9.03. The second kappa shape index (κ2) is 4.49. The van der Waals surface area contributed by atoms with Gasteiger partial charge in [-0.2, -0.15) is 4.31 Å². The lowest BCUT2D eigenvalue weighted by atomic mass is 10.2. The highest BCUT2D eigenvalue weighted by molar-refractivity contribution is 7.92. The Bertz CT molecular complexity index is 467. The maximum atomic E-state index is 12.2. The zero-order chi connectivity index (χ0) is 12.7. The Balaban J connectivity index is 2.06. The summed E-state index contributed by atoms with van der Waals surface area (Å²) < 4.78 is 48.4. The van der Waals surface area contributed by atoms with Crippen molar-refractivity contribution in [1.82, 2.24) is 9.62 Å². The average Bonchev–Trinajstić information content (AvgIpc) is 2.14. The van der Waals surface area contributed by atoms with Crippen LogP contribution in [0, 0.1) is 0 Å². The summed E-state index contributed by atoms with van der Waals surface area (Å²) in [5.41, 5.74) is 0. The van der Waals surface area contributed by atoms with Gasteiger partial charge in [-0.15, -0.1) is 0 Å². The van der Waals surface area contributed by atoms with Crippen molar-refractivity contribution < 1.29 is 16.8 Å². The molecule has 2 aliphatic rings. The van der Waals surface area contributed by atoms with E-state index in [1.165, 1.54) is 4.31 Å². The molecule has 0 aliphatic carbocycles. The molecule has 8 heteroatoms. The normalized spacial score (nSPS) is 26.9. The van der Waals surface area contributed by atoms with Crippen LogP contribution in [0.1, 0.15) is 12.8 Å². The Kier molecular flexibility index (Phi) is 3.50. The maximum Gasteiger partial charge on any atom is 0.217 e. The molecule has 0 radical (unpaired) electrons. The number of hydrogen-bond acceptors (Lipinski definition) is 5. The van der Waals surface area contributed by atoms with E-state index in [0.717, 1.165) is 0 Å². The Labute approximate surface area is 102 Å². The summed E-state index contributed by atoms with van der Waals surface area (Å²) in [5.74, 6) is -0.0126. The van der Waals surface area contributed by atoms with Crippen molar-refractivity contribution in [2.24, 2.45) is 0 Å². The van der Waals surface area contributed by atoms with Gasteiger partial charge in [0.15, 0.2) is 0 Å². The Hall–Kier alpha value is -0.180. The second-order valence-electron chi connectivity index (χ2n) is 4.72. The number of rotatable bonds is 3. The summed E-state index contributed by atoms with van der Waals surface area (Å²) in [5, 5.41) is 2.50. The first-order valence-electron chi connectivity index (χ1n) is 5.71. The molecule has 0 atom stereocenters. The number of sulfone groups is 1. The zero-order valence-corrected chi connectivity index (χ0v) is 11.4. The molecular formula is C9H18N2O4S2. The zero-order valence-electron chi connectivity index (χ0n) is 9.79. The molecule has 0 bridgehead atoms. The van der Waals surface area contributed by atoms with Crippen LogP contribution in [0.25, 0.3) is 0 Å². The van der Waals surface area contributed by atoms with Gasteiger partial charge in [0.2, 0.25) is 10.0 Å².